The third kappa shape index (κ3) is 3.48. The van der Waals surface area contributed by atoms with Crippen LogP contribution < -0.4 is 11.0 Å². The minimum atomic E-state index is -0.718. The summed E-state index contributed by atoms with van der Waals surface area (Å²) in [4.78, 5) is 29.5. The topological polar surface area (TPSA) is 73.2 Å². The van der Waals surface area contributed by atoms with E-state index >= 15 is 0 Å². The molecule has 0 aliphatic heterocycles. The third-order valence-corrected chi connectivity index (χ3v) is 3.98. The van der Waals surface area contributed by atoms with E-state index in [-0.39, 0.29) is 12.2 Å². The molecule has 6 heteroatoms. The number of benzene rings is 1. The molecule has 1 aromatic heterocycles. The summed E-state index contributed by atoms with van der Waals surface area (Å²) in [6, 6.07) is 10.4. The number of amides is 1. The Balaban J connectivity index is 1.62. The van der Waals surface area contributed by atoms with Crippen LogP contribution in [-0.2, 0) is 29.1 Å². The summed E-state index contributed by atoms with van der Waals surface area (Å²) in [6.45, 7) is 1.91. The van der Waals surface area contributed by atoms with Crippen LogP contribution in [0.4, 0.5) is 0 Å². The second-order valence-electron chi connectivity index (χ2n) is 5.67. The molecule has 1 aliphatic rings. The van der Waals surface area contributed by atoms with Gasteiger partial charge in [0, 0.05) is 6.07 Å². The van der Waals surface area contributed by atoms with Gasteiger partial charge in [-0.1, -0.05) is 30.3 Å². The molecule has 1 unspecified atom stereocenters. The minimum Gasteiger partial charge on any atom is -0.270 e. The highest BCUT2D eigenvalue weighted by Crippen LogP contribution is 2.17. The second-order valence-corrected chi connectivity index (χ2v) is 5.67. The molecule has 23 heavy (non-hydrogen) atoms. The van der Waals surface area contributed by atoms with Crippen LogP contribution >= 0.6 is 0 Å². The number of hydrogen-bond donors (Lipinski definition) is 1. The fourth-order valence-electron chi connectivity index (χ4n) is 2.65. The maximum atomic E-state index is 12.2. The first-order chi connectivity index (χ1) is 11.1. The maximum Gasteiger partial charge on any atom is 0.268 e. The van der Waals surface area contributed by atoms with Crippen molar-refractivity contribution in [2.75, 3.05) is 0 Å². The monoisotopic (exact) mass is 313 g/mol. The molecule has 0 radical (unpaired) electrons. The highest BCUT2D eigenvalue weighted by atomic mass is 16.6. The van der Waals surface area contributed by atoms with Gasteiger partial charge < -0.3 is 0 Å². The number of hydrogen-bond acceptors (Lipinski definition) is 4. The van der Waals surface area contributed by atoms with E-state index in [1.165, 1.54) is 4.68 Å². The molecule has 120 valence electrons. The number of nitrogens with one attached hydrogen (secondary N) is 1. The third-order valence-electron chi connectivity index (χ3n) is 3.98. The van der Waals surface area contributed by atoms with Crippen molar-refractivity contribution < 1.29 is 9.63 Å². The molecule has 2 aromatic rings. The molecule has 1 aliphatic carbocycles. The van der Waals surface area contributed by atoms with E-state index in [1.54, 1.807) is 13.0 Å². The molecule has 6 nitrogen and oxygen atoms in total. The fourth-order valence-corrected chi connectivity index (χ4v) is 2.65. The average Bonchev–Trinajstić information content (AvgIpc) is 3.01. The Labute approximate surface area is 134 Å². The van der Waals surface area contributed by atoms with Crippen LogP contribution in [0.2, 0.25) is 0 Å². The van der Waals surface area contributed by atoms with Crippen molar-refractivity contribution in [1.82, 2.24) is 15.3 Å². The SMILES string of the molecule is CC(C(=O)NOCc1ccccc1)n1nc2c(cc1=O)CCC2. The Bertz CT molecular complexity index is 755. The van der Waals surface area contributed by atoms with Crippen LogP contribution in [0.25, 0.3) is 0 Å². The fraction of sp³-hybridized carbons (Fsp3) is 0.353. The van der Waals surface area contributed by atoms with E-state index in [1.807, 2.05) is 30.3 Å². The smallest absolute Gasteiger partial charge is 0.268 e. The zero-order chi connectivity index (χ0) is 16.2. The highest BCUT2D eigenvalue weighted by Gasteiger charge is 2.21. The summed E-state index contributed by atoms with van der Waals surface area (Å²) in [6.07, 6.45) is 2.75. The first-order valence-corrected chi connectivity index (χ1v) is 7.72. The van der Waals surface area contributed by atoms with E-state index < -0.39 is 11.9 Å². The van der Waals surface area contributed by atoms with Gasteiger partial charge in [0.25, 0.3) is 11.5 Å². The number of aryl methyl sites for hydroxylation is 2. The van der Waals surface area contributed by atoms with Gasteiger partial charge in [-0.2, -0.15) is 5.10 Å². The molecule has 1 aromatic carbocycles. The molecular weight excluding hydrogens is 294 g/mol. The molecular formula is C17H19N3O3. The molecule has 1 amide bonds. The highest BCUT2D eigenvalue weighted by molar-refractivity contribution is 5.78. The summed E-state index contributed by atoms with van der Waals surface area (Å²) in [5.74, 6) is -0.395. The van der Waals surface area contributed by atoms with Crippen LogP contribution in [0.3, 0.4) is 0 Å². The lowest BCUT2D eigenvalue weighted by Gasteiger charge is -2.15. The zero-order valence-electron chi connectivity index (χ0n) is 13.0. The average molecular weight is 313 g/mol. The molecule has 3 rings (SSSR count). The number of fused-ring (bicyclic) bond motifs is 1. The molecule has 1 N–H and O–H groups in total. The van der Waals surface area contributed by atoms with E-state index in [4.69, 9.17) is 4.84 Å². The van der Waals surface area contributed by atoms with Gasteiger partial charge >= 0.3 is 0 Å². The summed E-state index contributed by atoms with van der Waals surface area (Å²) in [5, 5.41) is 4.33. The van der Waals surface area contributed by atoms with Crippen molar-refractivity contribution >= 4 is 5.91 Å². The summed E-state index contributed by atoms with van der Waals surface area (Å²) < 4.78 is 1.23. The number of carbonyl (C=O) groups excluding carboxylic acids is 1. The van der Waals surface area contributed by atoms with Gasteiger partial charge in [0.15, 0.2) is 0 Å². The van der Waals surface area contributed by atoms with Crippen LogP contribution in [0, 0.1) is 0 Å². The zero-order valence-corrected chi connectivity index (χ0v) is 13.0. The van der Waals surface area contributed by atoms with E-state index in [0.717, 1.165) is 36.1 Å². The van der Waals surface area contributed by atoms with Crippen molar-refractivity contribution in [2.24, 2.45) is 0 Å². The van der Waals surface area contributed by atoms with Gasteiger partial charge in [-0.15, -0.1) is 0 Å². The lowest BCUT2D eigenvalue weighted by molar-refractivity contribution is -0.138. The van der Waals surface area contributed by atoms with Gasteiger partial charge in [0.2, 0.25) is 0 Å². The Hall–Kier alpha value is -2.47. The lowest BCUT2D eigenvalue weighted by Crippen LogP contribution is -2.37. The molecule has 0 saturated heterocycles. The van der Waals surface area contributed by atoms with Gasteiger partial charge in [-0.3, -0.25) is 14.4 Å². The normalized spacial score (nSPS) is 14.3. The van der Waals surface area contributed by atoms with Crippen molar-refractivity contribution in [3.63, 3.8) is 0 Å². The molecule has 0 saturated carbocycles. The molecule has 1 heterocycles. The molecule has 1 atom stereocenters. The Morgan fingerprint density at radius 2 is 2.13 bits per heavy atom. The summed E-state index contributed by atoms with van der Waals surface area (Å²) in [5.41, 5.74) is 5.00. The number of aromatic nitrogens is 2. The number of rotatable bonds is 5. The van der Waals surface area contributed by atoms with Crippen molar-refractivity contribution in [1.29, 1.82) is 0 Å². The Morgan fingerprint density at radius 3 is 2.91 bits per heavy atom. The predicted octanol–water partition coefficient (Wildman–Crippen LogP) is 1.54. The van der Waals surface area contributed by atoms with Crippen LogP contribution in [0.5, 0.6) is 0 Å². The van der Waals surface area contributed by atoms with Crippen molar-refractivity contribution in [3.8, 4) is 0 Å². The van der Waals surface area contributed by atoms with E-state index in [2.05, 4.69) is 10.6 Å². The first-order valence-electron chi connectivity index (χ1n) is 7.72. The van der Waals surface area contributed by atoms with Gasteiger partial charge in [-0.25, -0.2) is 10.2 Å². The minimum absolute atomic E-state index is 0.253. The van der Waals surface area contributed by atoms with Gasteiger partial charge in [0.1, 0.15) is 6.04 Å². The standard InChI is InChI=1S/C17H19N3O3/c1-12(17(22)19-23-11-13-6-3-2-4-7-13)20-16(21)10-14-8-5-9-15(14)18-20/h2-4,6-7,10,12H,5,8-9,11H2,1H3,(H,19,22). The summed E-state index contributed by atoms with van der Waals surface area (Å²) >= 11 is 0. The number of hydroxylamine groups is 1. The first kappa shape index (κ1) is 15.4. The summed E-state index contributed by atoms with van der Waals surface area (Å²) in [7, 11) is 0. The number of nitrogens with zero attached hydrogens (tertiary/aromatic N) is 2. The van der Waals surface area contributed by atoms with Crippen LogP contribution in [0.15, 0.2) is 41.2 Å². The van der Waals surface area contributed by atoms with Crippen molar-refractivity contribution in [2.45, 2.75) is 38.8 Å². The van der Waals surface area contributed by atoms with Crippen molar-refractivity contribution in [3.05, 3.63) is 63.6 Å². The quantitative estimate of drug-likeness (QED) is 0.850. The number of carbonyl (C=O) groups is 1. The van der Waals surface area contributed by atoms with Crippen LogP contribution in [-0.4, -0.2) is 15.7 Å². The Kier molecular flexibility index (Phi) is 4.52. The maximum absolute atomic E-state index is 12.2. The Morgan fingerprint density at radius 1 is 1.35 bits per heavy atom. The van der Waals surface area contributed by atoms with E-state index in [9.17, 15) is 9.59 Å². The predicted molar refractivity (Wildman–Crippen MR) is 84.6 cm³/mol. The molecule has 0 spiro atoms. The lowest BCUT2D eigenvalue weighted by atomic mass is 10.2. The second kappa shape index (κ2) is 6.75. The molecule has 0 fully saturated rings. The largest absolute Gasteiger partial charge is 0.270 e. The molecule has 0 bridgehead atoms. The van der Waals surface area contributed by atoms with E-state index in [0.29, 0.717) is 0 Å². The van der Waals surface area contributed by atoms with Gasteiger partial charge in [-0.05, 0) is 37.3 Å². The van der Waals surface area contributed by atoms with Crippen LogP contribution in [0.1, 0.15) is 36.2 Å². The van der Waals surface area contributed by atoms with Gasteiger partial charge in [0.05, 0.1) is 12.3 Å².